The van der Waals surface area contributed by atoms with Gasteiger partial charge in [-0.05, 0) is 61.3 Å². The van der Waals surface area contributed by atoms with Gasteiger partial charge in [0, 0.05) is 30.9 Å². The second-order valence-electron chi connectivity index (χ2n) is 6.29. The molecule has 1 aliphatic heterocycles. The second kappa shape index (κ2) is 7.86. The molecule has 0 bridgehead atoms. The van der Waals surface area contributed by atoms with Crippen molar-refractivity contribution in [2.24, 2.45) is 7.05 Å². The molecule has 0 N–H and O–H groups in total. The zero-order valence-corrected chi connectivity index (χ0v) is 14.8. The minimum absolute atomic E-state index is 0.0289. The van der Waals surface area contributed by atoms with Gasteiger partial charge in [0.15, 0.2) is 0 Å². The van der Waals surface area contributed by atoms with E-state index in [1.54, 1.807) is 17.7 Å². The molecule has 0 aliphatic carbocycles. The number of ether oxygens (including phenoxy) is 1. The Morgan fingerprint density at radius 1 is 1.08 bits per heavy atom. The lowest BCUT2D eigenvalue weighted by Gasteiger charge is -2.26. The molecule has 24 heavy (non-hydrogen) atoms. The van der Waals surface area contributed by atoms with Gasteiger partial charge < -0.3 is 9.30 Å². The van der Waals surface area contributed by atoms with Crippen LogP contribution in [0.2, 0.25) is 5.02 Å². The lowest BCUT2D eigenvalue weighted by atomic mass is 10.1. The number of rotatable bonds is 5. The van der Waals surface area contributed by atoms with Gasteiger partial charge in [0.2, 0.25) is 5.56 Å². The number of aryl methyl sites for hydroxylation is 1. The van der Waals surface area contributed by atoms with E-state index in [-0.39, 0.29) is 5.56 Å². The van der Waals surface area contributed by atoms with Gasteiger partial charge in [-0.25, -0.2) is 0 Å². The maximum atomic E-state index is 11.5. The van der Waals surface area contributed by atoms with Crippen molar-refractivity contribution in [3.05, 3.63) is 51.9 Å². The summed E-state index contributed by atoms with van der Waals surface area (Å²) in [5, 5.41) is 0.634. The number of hydrogen-bond acceptors (Lipinski definition) is 3. The molecule has 128 valence electrons. The Labute approximate surface area is 147 Å². The van der Waals surface area contributed by atoms with E-state index < -0.39 is 0 Å². The Hall–Kier alpha value is -1.78. The number of nitrogens with zero attached hydrogens (tertiary/aromatic N) is 2. The van der Waals surface area contributed by atoms with E-state index in [2.05, 4.69) is 4.90 Å². The lowest BCUT2D eigenvalue weighted by Crippen LogP contribution is -2.33. The third-order valence-corrected chi connectivity index (χ3v) is 4.63. The van der Waals surface area contributed by atoms with Gasteiger partial charge in [-0.15, -0.1) is 0 Å². The molecule has 0 unspecified atom stereocenters. The van der Waals surface area contributed by atoms with Crippen LogP contribution in [0.15, 0.2) is 41.3 Å². The van der Waals surface area contributed by atoms with Crippen LogP contribution in [0.5, 0.6) is 5.75 Å². The molecule has 0 amide bonds. The van der Waals surface area contributed by atoms with E-state index in [0.717, 1.165) is 23.4 Å². The number of aromatic nitrogens is 1. The molecule has 1 saturated heterocycles. The van der Waals surface area contributed by atoms with Crippen molar-refractivity contribution >= 4 is 11.6 Å². The van der Waals surface area contributed by atoms with Crippen LogP contribution in [-0.4, -0.2) is 35.7 Å². The molecule has 1 aliphatic rings. The second-order valence-corrected chi connectivity index (χ2v) is 6.73. The van der Waals surface area contributed by atoms with Gasteiger partial charge in [-0.3, -0.25) is 9.69 Å². The molecule has 1 fully saturated rings. The van der Waals surface area contributed by atoms with Crippen molar-refractivity contribution < 1.29 is 4.74 Å². The fourth-order valence-corrected chi connectivity index (χ4v) is 3.28. The number of piperidine rings is 1. The summed E-state index contributed by atoms with van der Waals surface area (Å²) in [6.45, 7) is 3.94. The standard InChI is InChI=1S/C19H23ClN2O2/c1-21-14-15(5-6-19(21)23)16-11-17(20)13-18(12-16)24-10-9-22-7-3-2-4-8-22/h5-6,11-14H,2-4,7-10H2,1H3. The van der Waals surface area contributed by atoms with Crippen molar-refractivity contribution in [3.63, 3.8) is 0 Å². The smallest absolute Gasteiger partial charge is 0.250 e. The summed E-state index contributed by atoms with van der Waals surface area (Å²) in [4.78, 5) is 14.0. The number of pyridine rings is 1. The normalized spacial score (nSPS) is 15.4. The van der Waals surface area contributed by atoms with E-state index in [1.165, 1.54) is 32.4 Å². The first-order chi connectivity index (χ1) is 11.6. The predicted octanol–water partition coefficient (Wildman–Crippen LogP) is 3.57. The summed E-state index contributed by atoms with van der Waals surface area (Å²) in [5.74, 6) is 0.767. The third kappa shape index (κ3) is 4.40. The summed E-state index contributed by atoms with van der Waals surface area (Å²) in [6.07, 6.45) is 5.72. The van der Waals surface area contributed by atoms with Crippen LogP contribution in [0.3, 0.4) is 0 Å². The molecule has 1 aromatic heterocycles. The number of likely N-dealkylation sites (tertiary alicyclic amines) is 1. The van der Waals surface area contributed by atoms with Crippen LogP contribution >= 0.6 is 11.6 Å². The molecule has 0 atom stereocenters. The first kappa shape index (κ1) is 17.1. The van der Waals surface area contributed by atoms with E-state index >= 15 is 0 Å². The summed E-state index contributed by atoms with van der Waals surface area (Å²) >= 11 is 6.24. The molecule has 3 rings (SSSR count). The van der Waals surface area contributed by atoms with Crippen molar-refractivity contribution in [2.45, 2.75) is 19.3 Å². The van der Waals surface area contributed by atoms with Gasteiger partial charge in [0.05, 0.1) is 0 Å². The van der Waals surface area contributed by atoms with E-state index in [9.17, 15) is 4.79 Å². The summed E-state index contributed by atoms with van der Waals surface area (Å²) in [6, 6.07) is 9.07. The molecule has 0 spiro atoms. The highest BCUT2D eigenvalue weighted by molar-refractivity contribution is 6.31. The molecule has 2 heterocycles. The molecule has 1 aromatic carbocycles. The van der Waals surface area contributed by atoms with E-state index in [1.807, 2.05) is 30.5 Å². The Kier molecular flexibility index (Phi) is 5.59. The van der Waals surface area contributed by atoms with Gasteiger partial charge in [-0.2, -0.15) is 0 Å². The highest BCUT2D eigenvalue weighted by atomic mass is 35.5. The SMILES string of the molecule is Cn1cc(-c2cc(Cl)cc(OCCN3CCCCC3)c2)ccc1=O. The fraction of sp³-hybridized carbons (Fsp3) is 0.421. The molecular formula is C19H23ClN2O2. The maximum Gasteiger partial charge on any atom is 0.250 e. The van der Waals surface area contributed by atoms with Crippen molar-refractivity contribution in [2.75, 3.05) is 26.2 Å². The van der Waals surface area contributed by atoms with Gasteiger partial charge in [0.1, 0.15) is 12.4 Å². The van der Waals surface area contributed by atoms with Crippen LogP contribution in [-0.2, 0) is 7.05 Å². The number of halogens is 1. The first-order valence-corrected chi connectivity index (χ1v) is 8.82. The monoisotopic (exact) mass is 346 g/mol. The summed E-state index contributed by atoms with van der Waals surface area (Å²) < 4.78 is 7.47. The number of hydrogen-bond donors (Lipinski definition) is 0. The molecule has 0 radical (unpaired) electrons. The minimum atomic E-state index is -0.0289. The molecule has 4 nitrogen and oxygen atoms in total. The van der Waals surface area contributed by atoms with E-state index in [4.69, 9.17) is 16.3 Å². The van der Waals surface area contributed by atoms with Crippen molar-refractivity contribution in [3.8, 4) is 16.9 Å². The van der Waals surface area contributed by atoms with Crippen LogP contribution < -0.4 is 10.3 Å². The summed E-state index contributed by atoms with van der Waals surface area (Å²) in [7, 11) is 1.74. The predicted molar refractivity (Wildman–Crippen MR) is 97.9 cm³/mol. The van der Waals surface area contributed by atoms with Gasteiger partial charge in [-0.1, -0.05) is 18.0 Å². The Bertz CT molecular complexity index is 751. The Morgan fingerprint density at radius 2 is 1.88 bits per heavy atom. The zero-order valence-electron chi connectivity index (χ0n) is 14.0. The van der Waals surface area contributed by atoms with Crippen molar-refractivity contribution in [1.29, 1.82) is 0 Å². The fourth-order valence-electron chi connectivity index (χ4n) is 3.05. The molecule has 2 aromatic rings. The molecular weight excluding hydrogens is 324 g/mol. The Balaban J connectivity index is 1.69. The van der Waals surface area contributed by atoms with Crippen LogP contribution in [0, 0.1) is 0 Å². The molecule has 0 saturated carbocycles. The topological polar surface area (TPSA) is 34.5 Å². The third-order valence-electron chi connectivity index (χ3n) is 4.42. The van der Waals surface area contributed by atoms with Crippen LogP contribution in [0.4, 0.5) is 0 Å². The first-order valence-electron chi connectivity index (χ1n) is 8.45. The molecule has 5 heteroatoms. The quantitative estimate of drug-likeness (QED) is 0.830. The van der Waals surface area contributed by atoms with Crippen molar-refractivity contribution in [1.82, 2.24) is 9.47 Å². The zero-order chi connectivity index (χ0) is 16.9. The van der Waals surface area contributed by atoms with Crippen LogP contribution in [0.25, 0.3) is 11.1 Å². The van der Waals surface area contributed by atoms with E-state index in [0.29, 0.717) is 11.6 Å². The number of benzene rings is 1. The Morgan fingerprint density at radius 3 is 2.62 bits per heavy atom. The maximum absolute atomic E-state index is 11.5. The average Bonchev–Trinajstić information content (AvgIpc) is 2.58. The minimum Gasteiger partial charge on any atom is -0.492 e. The highest BCUT2D eigenvalue weighted by Gasteiger charge is 2.10. The highest BCUT2D eigenvalue weighted by Crippen LogP contribution is 2.28. The van der Waals surface area contributed by atoms with Crippen LogP contribution in [0.1, 0.15) is 19.3 Å². The van der Waals surface area contributed by atoms with Gasteiger partial charge in [0.25, 0.3) is 0 Å². The summed E-state index contributed by atoms with van der Waals surface area (Å²) in [5.41, 5.74) is 1.87. The van der Waals surface area contributed by atoms with Gasteiger partial charge >= 0.3 is 0 Å². The lowest BCUT2D eigenvalue weighted by molar-refractivity contribution is 0.183. The average molecular weight is 347 g/mol. The largest absolute Gasteiger partial charge is 0.492 e.